The number of hydrogen-bond acceptors (Lipinski definition) is 10. The predicted molar refractivity (Wildman–Crippen MR) is 347 cm³/mol. The van der Waals surface area contributed by atoms with E-state index in [0.717, 1.165) is 108 Å². The molecule has 1 aliphatic carbocycles. The number of fused-ring (bicyclic) bond motifs is 1. The minimum absolute atomic E-state index is 0.0173. The van der Waals surface area contributed by atoms with Crippen LogP contribution in [0.25, 0.3) is 10.8 Å². The number of piperazine rings is 2. The van der Waals surface area contributed by atoms with Crippen LogP contribution < -0.4 is 16.2 Å². The van der Waals surface area contributed by atoms with Gasteiger partial charge in [-0.05, 0) is 117 Å². The number of H-pyrrole nitrogens is 1. The SMILES string of the molecule is CCC.CCCC(C)CC.O=C(NC(C(=O)N1CCN(CC2CCN(CC(=O)N3CCN(C(=O)c4cc(Cc5n[nH]c(=O)c6ccccc56)ccc4F)CC3)CC2)CC1)C1CCCCC1)c1cccc(C2CCCN(C(=O)CNCc3ccc(F)cc3F)C2)c1. The third-order valence-electron chi connectivity index (χ3n) is 18.7. The summed E-state index contributed by atoms with van der Waals surface area (Å²) in [5, 5.41) is 14.2. The molecule has 5 fully saturated rings. The minimum atomic E-state index is -0.659. The van der Waals surface area contributed by atoms with Gasteiger partial charge in [-0.2, -0.15) is 5.10 Å². The van der Waals surface area contributed by atoms with E-state index in [0.29, 0.717) is 98.8 Å². The lowest BCUT2D eigenvalue weighted by molar-refractivity contribution is -0.137. The summed E-state index contributed by atoms with van der Waals surface area (Å²) in [7, 11) is 0. The lowest BCUT2D eigenvalue weighted by atomic mass is 9.83. The molecule has 16 nitrogen and oxygen atoms in total. The second-order valence-corrected chi connectivity index (χ2v) is 25.6. The fraction of sp³-hybridized carbons (Fsp3) is 0.563. The van der Waals surface area contributed by atoms with Crippen molar-refractivity contribution in [3.8, 4) is 0 Å². The standard InChI is InChI=1S/C61H73F3N10O6.C7H16.C3H8/c62-48-17-16-46(53(64)35-48)36-65-37-55(75)74-21-7-12-47(39-74)44-10-6-11-45(34-44)58(77)66-57(43-8-2-1-3-9-43)61(80)73-26-24-70(25-27-73)38-41-19-22-69(23-20-41)40-56(76)71-28-30-72(31-29-71)60(79)51-32-42(15-18-52(51)63)33-54-49-13-4-5-14-50(49)59(78)68-67-54;1-4-6-7(3)5-2;1-3-2/h4-6,10-11,13-18,32,34-35,41,43,47,57,65H,1-3,7-9,12,19-31,33,36-40H2,(H,66,77)(H,68,78);7H,4-6H2,1-3H3;3H2,1-2H3. The third-order valence-corrected chi connectivity index (χ3v) is 18.7. The maximum Gasteiger partial charge on any atom is 0.272 e. The van der Waals surface area contributed by atoms with E-state index in [4.69, 9.17) is 0 Å². The second-order valence-electron chi connectivity index (χ2n) is 25.6. The zero-order chi connectivity index (χ0) is 64.1. The Morgan fingerprint density at radius 3 is 2.06 bits per heavy atom. The van der Waals surface area contributed by atoms with Gasteiger partial charge in [0.05, 0.1) is 29.7 Å². The summed E-state index contributed by atoms with van der Waals surface area (Å²) >= 11 is 0. The molecule has 5 aliphatic rings. The summed E-state index contributed by atoms with van der Waals surface area (Å²) in [5.41, 5.74) is 2.71. The number of rotatable bonds is 19. The van der Waals surface area contributed by atoms with Gasteiger partial charge in [-0.15, -0.1) is 0 Å². The summed E-state index contributed by atoms with van der Waals surface area (Å²) in [6.07, 6.45) is 14.1. The Hall–Kier alpha value is -6.96. The highest BCUT2D eigenvalue weighted by Crippen LogP contribution is 2.31. The van der Waals surface area contributed by atoms with Gasteiger partial charge in [0.25, 0.3) is 17.4 Å². The van der Waals surface area contributed by atoms with Crippen molar-refractivity contribution in [2.24, 2.45) is 17.8 Å². The van der Waals surface area contributed by atoms with Crippen LogP contribution in [0.4, 0.5) is 13.2 Å². The molecule has 5 amide bonds. The molecule has 488 valence electrons. The first kappa shape index (κ1) is 68.9. The summed E-state index contributed by atoms with van der Waals surface area (Å²) in [6.45, 7) is 19.1. The molecule has 4 aliphatic heterocycles. The summed E-state index contributed by atoms with van der Waals surface area (Å²) < 4.78 is 42.6. The first-order valence-corrected chi connectivity index (χ1v) is 33.4. The third kappa shape index (κ3) is 19.3. The lowest BCUT2D eigenvalue weighted by Crippen LogP contribution is -2.57. The van der Waals surface area contributed by atoms with E-state index in [1.807, 2.05) is 35.2 Å². The van der Waals surface area contributed by atoms with Crippen LogP contribution in [-0.2, 0) is 27.3 Å². The van der Waals surface area contributed by atoms with Gasteiger partial charge in [-0.25, -0.2) is 18.3 Å². The van der Waals surface area contributed by atoms with Gasteiger partial charge in [-0.1, -0.05) is 122 Å². The first-order valence-electron chi connectivity index (χ1n) is 33.4. The van der Waals surface area contributed by atoms with Gasteiger partial charge in [0.1, 0.15) is 23.5 Å². The number of benzene rings is 4. The van der Waals surface area contributed by atoms with Crippen molar-refractivity contribution in [1.29, 1.82) is 0 Å². The number of amides is 5. The second kappa shape index (κ2) is 34.5. The summed E-state index contributed by atoms with van der Waals surface area (Å²) in [4.78, 5) is 93.0. The number of nitrogens with zero attached hydrogens (tertiary/aromatic N) is 7. The van der Waals surface area contributed by atoms with Crippen molar-refractivity contribution in [3.63, 3.8) is 0 Å². The highest BCUT2D eigenvalue weighted by atomic mass is 19.1. The predicted octanol–water partition coefficient (Wildman–Crippen LogP) is 10.2. The minimum Gasteiger partial charge on any atom is -0.341 e. The average Bonchev–Trinajstić information content (AvgIpc) is 1.12. The molecule has 5 heterocycles. The maximum atomic E-state index is 15.1. The Kier molecular flexibility index (Phi) is 26.4. The van der Waals surface area contributed by atoms with Crippen LogP contribution >= 0.6 is 0 Å². The highest BCUT2D eigenvalue weighted by molar-refractivity contribution is 5.98. The normalized spacial score (nSPS) is 18.6. The van der Waals surface area contributed by atoms with Gasteiger partial charge in [-0.3, -0.25) is 38.6 Å². The maximum absolute atomic E-state index is 15.1. The Balaban J connectivity index is 0.000000969. The van der Waals surface area contributed by atoms with Gasteiger partial charge < -0.3 is 30.2 Å². The molecule has 1 aromatic heterocycles. The average molecular weight is 1240 g/mol. The van der Waals surface area contributed by atoms with Crippen molar-refractivity contribution in [3.05, 3.63) is 146 Å². The number of aromatic amines is 1. The monoisotopic (exact) mass is 1240 g/mol. The molecular formula is C71H97F3N10O6. The molecule has 0 spiro atoms. The number of carbonyl (C=O) groups excluding carboxylic acids is 5. The zero-order valence-electron chi connectivity index (χ0n) is 53.9. The van der Waals surface area contributed by atoms with Gasteiger partial charge in [0, 0.05) is 113 Å². The number of piperidine rings is 2. The van der Waals surface area contributed by atoms with Crippen molar-refractivity contribution >= 4 is 40.3 Å². The quantitative estimate of drug-likeness (QED) is 0.0722. The van der Waals surface area contributed by atoms with Gasteiger partial charge in [0.2, 0.25) is 17.7 Å². The number of likely N-dealkylation sites (tertiary alicyclic amines) is 2. The van der Waals surface area contributed by atoms with E-state index in [9.17, 15) is 37.5 Å². The van der Waals surface area contributed by atoms with Crippen LogP contribution in [0.3, 0.4) is 0 Å². The van der Waals surface area contributed by atoms with E-state index in [-0.39, 0.29) is 65.2 Å². The van der Waals surface area contributed by atoms with Crippen LogP contribution in [0.5, 0.6) is 0 Å². The molecule has 3 atom stereocenters. The molecule has 4 saturated heterocycles. The molecule has 4 aromatic carbocycles. The van der Waals surface area contributed by atoms with Crippen LogP contribution in [0.1, 0.15) is 167 Å². The largest absolute Gasteiger partial charge is 0.341 e. The molecule has 90 heavy (non-hydrogen) atoms. The van der Waals surface area contributed by atoms with Crippen molar-refractivity contribution in [1.82, 2.24) is 50.2 Å². The molecule has 0 bridgehead atoms. The van der Waals surface area contributed by atoms with E-state index in [1.54, 1.807) is 45.0 Å². The Morgan fingerprint density at radius 1 is 0.667 bits per heavy atom. The van der Waals surface area contributed by atoms with Crippen LogP contribution in [-0.4, -0.2) is 173 Å². The van der Waals surface area contributed by atoms with Crippen LogP contribution in [0.2, 0.25) is 0 Å². The van der Waals surface area contributed by atoms with E-state index in [1.165, 1.54) is 43.9 Å². The Bertz CT molecular complexity index is 3220. The zero-order valence-corrected chi connectivity index (χ0v) is 53.9. The number of hydrogen-bond donors (Lipinski definition) is 3. The number of nitrogens with one attached hydrogen (secondary N) is 3. The molecule has 19 heteroatoms. The fourth-order valence-corrected chi connectivity index (χ4v) is 13.3. The Labute approximate surface area is 530 Å². The van der Waals surface area contributed by atoms with Gasteiger partial charge >= 0.3 is 0 Å². The van der Waals surface area contributed by atoms with Crippen LogP contribution in [0.15, 0.2) is 89.7 Å². The molecule has 3 N–H and O–H groups in total. The summed E-state index contributed by atoms with van der Waals surface area (Å²) in [6, 6.07) is 21.9. The lowest BCUT2D eigenvalue weighted by Gasteiger charge is -2.41. The van der Waals surface area contributed by atoms with E-state index < -0.39 is 29.4 Å². The molecule has 0 radical (unpaired) electrons. The number of halogens is 3. The Morgan fingerprint density at radius 2 is 1.37 bits per heavy atom. The number of carbonyl (C=O) groups is 5. The van der Waals surface area contributed by atoms with Crippen molar-refractivity contribution < 1.29 is 37.1 Å². The molecular weight excluding hydrogens is 1150 g/mol. The summed E-state index contributed by atoms with van der Waals surface area (Å²) in [5.74, 6) is -1.23. The van der Waals surface area contributed by atoms with E-state index >= 15 is 4.39 Å². The molecule has 10 rings (SSSR count). The fourth-order valence-electron chi connectivity index (χ4n) is 13.3. The first-order chi connectivity index (χ1) is 43.5. The number of aromatic nitrogens is 2. The van der Waals surface area contributed by atoms with Crippen LogP contribution in [0, 0.1) is 35.2 Å². The smallest absolute Gasteiger partial charge is 0.272 e. The highest BCUT2D eigenvalue weighted by Gasteiger charge is 2.37. The van der Waals surface area contributed by atoms with E-state index in [2.05, 4.69) is 65.2 Å². The molecule has 3 unspecified atom stereocenters. The van der Waals surface area contributed by atoms with Crippen molar-refractivity contribution in [2.75, 3.05) is 98.2 Å². The van der Waals surface area contributed by atoms with Crippen molar-refractivity contribution in [2.45, 2.75) is 143 Å². The van der Waals surface area contributed by atoms with Gasteiger partial charge in [0.15, 0.2) is 0 Å². The molecule has 5 aromatic rings. The molecule has 1 saturated carbocycles. The topological polar surface area (TPSA) is 175 Å².